The van der Waals surface area contributed by atoms with Crippen molar-refractivity contribution >= 4 is 33.0 Å². The zero-order chi connectivity index (χ0) is 13.4. The summed E-state index contributed by atoms with van der Waals surface area (Å²) in [5, 5.41) is 0. The highest BCUT2D eigenvalue weighted by Gasteiger charge is 2.28. The Morgan fingerprint density at radius 1 is 1.41 bits per heavy atom. The minimum Gasteiger partial charge on any atom is -0.229 e. The molecule has 0 fully saturated rings. The van der Waals surface area contributed by atoms with Crippen molar-refractivity contribution in [3.63, 3.8) is 0 Å². The van der Waals surface area contributed by atoms with Crippen LogP contribution in [-0.2, 0) is 10.0 Å². The van der Waals surface area contributed by atoms with Gasteiger partial charge in [-0.1, -0.05) is 43.7 Å². The molecule has 0 aliphatic rings. The number of nitrogens with one attached hydrogen (secondary N) is 1. The minimum absolute atomic E-state index is 0.143. The van der Waals surface area contributed by atoms with E-state index in [0.717, 1.165) is 11.3 Å². The molecule has 4 nitrogen and oxygen atoms in total. The van der Waals surface area contributed by atoms with Crippen LogP contribution < -0.4 is 4.72 Å². The van der Waals surface area contributed by atoms with Gasteiger partial charge in [0.2, 0.25) is 0 Å². The summed E-state index contributed by atoms with van der Waals surface area (Å²) in [6.45, 7) is 9.42. The second-order valence-electron chi connectivity index (χ2n) is 5.05. The van der Waals surface area contributed by atoms with Crippen LogP contribution in [0, 0.1) is 12.3 Å². The van der Waals surface area contributed by atoms with Crippen LogP contribution in [0.5, 0.6) is 0 Å². The van der Waals surface area contributed by atoms with E-state index in [-0.39, 0.29) is 20.1 Å². The Morgan fingerprint density at radius 2 is 1.94 bits per heavy atom. The van der Waals surface area contributed by atoms with E-state index in [0.29, 0.717) is 5.69 Å². The number of thiazole rings is 1. The molecule has 0 amide bonds. The number of aromatic nitrogens is 1. The lowest BCUT2D eigenvalue weighted by molar-refractivity contribution is 0.318. The fourth-order valence-corrected chi connectivity index (χ4v) is 4.27. The Bertz CT molecular complexity index is 503. The van der Waals surface area contributed by atoms with Gasteiger partial charge in [-0.15, -0.1) is 0 Å². The fraction of sp³-hybridized carbons (Fsp3) is 0.700. The van der Waals surface area contributed by atoms with Gasteiger partial charge in [-0.25, -0.2) is 18.1 Å². The highest BCUT2D eigenvalue weighted by Crippen LogP contribution is 2.28. The Balaban J connectivity index is 3.02. The first kappa shape index (κ1) is 14.9. The number of rotatable bonds is 3. The van der Waals surface area contributed by atoms with Gasteiger partial charge in [-0.05, 0) is 19.3 Å². The molecule has 0 saturated carbocycles. The van der Waals surface area contributed by atoms with Gasteiger partial charge in [-0.3, -0.25) is 0 Å². The lowest BCUT2D eigenvalue weighted by Gasteiger charge is -2.27. The van der Waals surface area contributed by atoms with E-state index in [2.05, 4.69) is 9.71 Å². The second-order valence-corrected chi connectivity index (χ2v) is 8.54. The van der Waals surface area contributed by atoms with Gasteiger partial charge in [0.1, 0.15) is 0 Å². The molecule has 1 aromatic heterocycles. The first-order valence-electron chi connectivity index (χ1n) is 5.19. The molecule has 17 heavy (non-hydrogen) atoms. The summed E-state index contributed by atoms with van der Waals surface area (Å²) in [4.78, 5) is 3.91. The number of aryl methyl sites for hydroxylation is 1. The molecule has 0 saturated heterocycles. The van der Waals surface area contributed by atoms with Crippen LogP contribution in [0.3, 0.4) is 0 Å². The molecule has 1 aromatic rings. The molecule has 1 N–H and O–H groups in total. The summed E-state index contributed by atoms with van der Waals surface area (Å²) < 4.78 is 27.3. The third-order valence-corrected chi connectivity index (χ3v) is 6.02. The van der Waals surface area contributed by atoms with E-state index >= 15 is 0 Å². The lowest BCUT2D eigenvalue weighted by atomic mass is 9.89. The van der Waals surface area contributed by atoms with Gasteiger partial charge in [0, 0.05) is 6.04 Å². The SMILES string of the molecule is Cc1nc(Cl)sc1S(=O)(=O)NC(C)C(C)(C)C. The predicted molar refractivity (Wildman–Crippen MR) is 71.1 cm³/mol. The largest absolute Gasteiger partial charge is 0.252 e. The topological polar surface area (TPSA) is 59.1 Å². The van der Waals surface area contributed by atoms with Crippen molar-refractivity contribution in [3.05, 3.63) is 10.2 Å². The molecule has 1 unspecified atom stereocenters. The Hall–Kier alpha value is -0.170. The van der Waals surface area contributed by atoms with Crippen molar-refractivity contribution in [2.45, 2.75) is 44.9 Å². The summed E-state index contributed by atoms with van der Waals surface area (Å²) in [5.74, 6) is 0. The summed E-state index contributed by atoms with van der Waals surface area (Å²) in [5.41, 5.74) is 0.295. The van der Waals surface area contributed by atoms with Gasteiger partial charge >= 0.3 is 0 Å². The third kappa shape index (κ3) is 3.64. The van der Waals surface area contributed by atoms with Crippen LogP contribution >= 0.6 is 22.9 Å². The van der Waals surface area contributed by atoms with E-state index in [4.69, 9.17) is 11.6 Å². The summed E-state index contributed by atoms with van der Waals surface area (Å²) in [6, 6.07) is -0.173. The normalized spacial score (nSPS) is 14.9. The van der Waals surface area contributed by atoms with Crippen molar-refractivity contribution in [2.24, 2.45) is 5.41 Å². The third-order valence-electron chi connectivity index (χ3n) is 2.60. The molecule has 1 atom stereocenters. The van der Waals surface area contributed by atoms with Crippen molar-refractivity contribution in [1.82, 2.24) is 9.71 Å². The zero-order valence-electron chi connectivity index (χ0n) is 10.5. The summed E-state index contributed by atoms with van der Waals surface area (Å²) >= 11 is 6.69. The summed E-state index contributed by atoms with van der Waals surface area (Å²) in [6.07, 6.45) is 0. The highest BCUT2D eigenvalue weighted by atomic mass is 35.5. The van der Waals surface area contributed by atoms with Crippen LogP contribution in [0.1, 0.15) is 33.4 Å². The van der Waals surface area contributed by atoms with Gasteiger partial charge in [0.25, 0.3) is 10.0 Å². The zero-order valence-corrected chi connectivity index (χ0v) is 12.9. The molecule has 1 heterocycles. The van der Waals surface area contributed by atoms with Gasteiger partial charge in [0.05, 0.1) is 5.69 Å². The van der Waals surface area contributed by atoms with Crippen LogP contribution in [0.25, 0.3) is 0 Å². The summed E-state index contributed by atoms with van der Waals surface area (Å²) in [7, 11) is -3.53. The van der Waals surface area contributed by atoms with Gasteiger partial charge in [-0.2, -0.15) is 0 Å². The molecule has 0 bridgehead atoms. The Labute approximate surface area is 111 Å². The number of hydrogen-bond donors (Lipinski definition) is 1. The Morgan fingerprint density at radius 3 is 2.29 bits per heavy atom. The fourth-order valence-electron chi connectivity index (χ4n) is 1.06. The van der Waals surface area contributed by atoms with E-state index in [9.17, 15) is 8.42 Å². The van der Waals surface area contributed by atoms with Crippen molar-refractivity contribution < 1.29 is 8.42 Å². The maximum atomic E-state index is 12.1. The predicted octanol–water partition coefficient (Wildman–Crippen LogP) is 2.82. The van der Waals surface area contributed by atoms with Gasteiger partial charge < -0.3 is 0 Å². The van der Waals surface area contributed by atoms with Crippen LogP contribution in [-0.4, -0.2) is 19.4 Å². The van der Waals surface area contributed by atoms with Crippen LogP contribution in [0.15, 0.2) is 4.21 Å². The molecule has 0 aromatic carbocycles. The first-order chi connectivity index (χ1) is 7.54. The second kappa shape index (κ2) is 4.84. The lowest BCUT2D eigenvalue weighted by Crippen LogP contribution is -2.41. The molecular weight excluding hydrogens is 280 g/mol. The van der Waals surface area contributed by atoms with E-state index in [1.54, 1.807) is 6.92 Å². The van der Waals surface area contributed by atoms with Crippen LogP contribution in [0.4, 0.5) is 0 Å². The number of hydrogen-bond acceptors (Lipinski definition) is 4. The average molecular weight is 297 g/mol. The maximum absolute atomic E-state index is 12.1. The van der Waals surface area contributed by atoms with E-state index in [1.807, 2.05) is 27.7 Å². The van der Waals surface area contributed by atoms with E-state index < -0.39 is 10.0 Å². The molecular formula is C10H17ClN2O2S2. The van der Waals surface area contributed by atoms with Crippen molar-refractivity contribution in [3.8, 4) is 0 Å². The maximum Gasteiger partial charge on any atom is 0.252 e. The standard InChI is InChI=1S/C10H17ClN2O2S2/c1-6-8(16-9(11)12-6)17(14,15)13-7(2)10(3,4)5/h7,13H,1-5H3. The molecule has 98 valence electrons. The number of halogens is 1. The molecule has 0 spiro atoms. The molecule has 0 aliphatic heterocycles. The number of sulfonamides is 1. The van der Waals surface area contributed by atoms with Crippen molar-refractivity contribution in [2.75, 3.05) is 0 Å². The molecule has 7 heteroatoms. The highest BCUT2D eigenvalue weighted by molar-refractivity contribution is 7.91. The van der Waals surface area contributed by atoms with Gasteiger partial charge in [0.15, 0.2) is 8.68 Å². The minimum atomic E-state index is -3.53. The first-order valence-corrected chi connectivity index (χ1v) is 7.87. The average Bonchev–Trinajstić information content (AvgIpc) is 2.43. The smallest absolute Gasteiger partial charge is 0.229 e. The van der Waals surface area contributed by atoms with E-state index in [1.165, 1.54) is 0 Å². The monoisotopic (exact) mass is 296 g/mol. The number of nitrogens with zero attached hydrogens (tertiary/aromatic N) is 1. The van der Waals surface area contributed by atoms with Crippen molar-refractivity contribution in [1.29, 1.82) is 0 Å². The van der Waals surface area contributed by atoms with Crippen LogP contribution in [0.2, 0.25) is 4.47 Å². The molecule has 0 radical (unpaired) electrons. The molecule has 1 rings (SSSR count). The quantitative estimate of drug-likeness (QED) is 0.933. The molecule has 0 aliphatic carbocycles. The Kier molecular flexibility index (Phi) is 4.24.